The molecule has 1 N–H and O–H groups in total. The molecule has 1 aromatic carbocycles. The van der Waals surface area contributed by atoms with Gasteiger partial charge in [0.2, 0.25) is 5.78 Å². The number of ketones is 1. The van der Waals surface area contributed by atoms with Crippen molar-refractivity contribution < 1.29 is 14.3 Å². The monoisotopic (exact) mass is 327 g/mol. The predicted octanol–water partition coefficient (Wildman–Crippen LogP) is 1.24. The van der Waals surface area contributed by atoms with Crippen molar-refractivity contribution in [1.29, 1.82) is 0 Å². The number of rotatable bonds is 3. The number of hydrogen-bond acceptors (Lipinski definition) is 5. The van der Waals surface area contributed by atoms with E-state index in [0.717, 1.165) is 0 Å². The van der Waals surface area contributed by atoms with E-state index in [1.807, 2.05) is 0 Å². The van der Waals surface area contributed by atoms with Crippen molar-refractivity contribution in [3.8, 4) is 5.75 Å². The summed E-state index contributed by atoms with van der Waals surface area (Å²) in [5.74, 6) is 0.0621. The summed E-state index contributed by atoms with van der Waals surface area (Å²) in [7, 11) is 1.61. The van der Waals surface area contributed by atoms with Gasteiger partial charge >= 0.3 is 0 Å². The Morgan fingerprint density at radius 2 is 2.13 bits per heavy atom. The lowest BCUT2D eigenvalue weighted by atomic mass is 10.2. The Labute approximate surface area is 135 Å². The van der Waals surface area contributed by atoms with Crippen LogP contribution in [0.4, 0.5) is 0 Å². The highest BCUT2D eigenvalue weighted by molar-refractivity contribution is 7.07. The molecule has 0 aliphatic carbocycles. The number of aromatic hydroxyl groups is 1. The molecule has 0 spiro atoms. The van der Waals surface area contributed by atoms with Crippen LogP contribution < -0.4 is 14.8 Å². The van der Waals surface area contributed by atoms with Crippen LogP contribution in [0.1, 0.15) is 16.1 Å². The second-order valence-electron chi connectivity index (χ2n) is 4.89. The van der Waals surface area contributed by atoms with Crippen LogP contribution in [0.5, 0.6) is 5.75 Å². The third-order valence-corrected chi connectivity index (χ3v) is 4.36. The molecule has 5 nitrogen and oxygen atoms in total. The molecule has 0 unspecified atom stereocenters. The highest BCUT2D eigenvalue weighted by atomic mass is 32.1. The minimum atomic E-state index is -0.296. The number of phenolic OH excluding ortho intramolecular Hbond substituents is 1. The quantitative estimate of drug-likeness (QED) is 0.735. The predicted molar refractivity (Wildman–Crippen MR) is 88.0 cm³/mol. The highest BCUT2D eigenvalue weighted by Crippen LogP contribution is 2.10. The van der Waals surface area contributed by atoms with Gasteiger partial charge < -0.3 is 14.1 Å². The number of aromatic nitrogens is 1. The molecular formula is C17H13NO4S. The first kappa shape index (κ1) is 15.1. The summed E-state index contributed by atoms with van der Waals surface area (Å²) in [6.45, 7) is 0. The van der Waals surface area contributed by atoms with Gasteiger partial charge in [0.25, 0.3) is 5.56 Å². The summed E-state index contributed by atoms with van der Waals surface area (Å²) in [5.41, 5.74) is 0.518. The molecule has 0 radical (unpaired) electrons. The zero-order valence-electron chi connectivity index (χ0n) is 12.2. The van der Waals surface area contributed by atoms with Crippen LogP contribution in [-0.2, 0) is 7.05 Å². The minimum absolute atomic E-state index is 0.131. The van der Waals surface area contributed by atoms with Crippen molar-refractivity contribution in [3.63, 3.8) is 0 Å². The van der Waals surface area contributed by atoms with Gasteiger partial charge in [0.1, 0.15) is 10.4 Å². The topological polar surface area (TPSA) is 72.4 Å². The Morgan fingerprint density at radius 1 is 1.30 bits per heavy atom. The van der Waals surface area contributed by atoms with E-state index in [9.17, 15) is 14.7 Å². The van der Waals surface area contributed by atoms with Gasteiger partial charge in [0, 0.05) is 13.1 Å². The van der Waals surface area contributed by atoms with Gasteiger partial charge in [-0.25, -0.2) is 0 Å². The third kappa shape index (κ3) is 3.17. The lowest BCUT2D eigenvalue weighted by molar-refractivity contribution is 0.103. The number of carbonyl (C=O) groups is 1. The molecule has 0 saturated heterocycles. The first-order valence-corrected chi connectivity index (χ1v) is 7.62. The molecule has 0 bridgehead atoms. The van der Waals surface area contributed by atoms with E-state index in [-0.39, 0.29) is 22.9 Å². The zero-order valence-corrected chi connectivity index (χ0v) is 13.0. The molecule has 0 saturated carbocycles. The van der Waals surface area contributed by atoms with E-state index in [1.54, 1.807) is 49.5 Å². The van der Waals surface area contributed by atoms with Gasteiger partial charge in [0.15, 0.2) is 5.76 Å². The highest BCUT2D eigenvalue weighted by Gasteiger charge is 2.07. The number of furan rings is 1. The van der Waals surface area contributed by atoms with Crippen LogP contribution in [0, 0.1) is 0 Å². The third-order valence-electron chi connectivity index (χ3n) is 3.25. The van der Waals surface area contributed by atoms with Crippen LogP contribution in [-0.4, -0.2) is 15.5 Å². The maximum atomic E-state index is 12.3. The zero-order chi connectivity index (χ0) is 16.4. The molecule has 0 atom stereocenters. The molecule has 0 fully saturated rings. The number of benzene rings is 1. The molecule has 0 aliphatic rings. The minimum Gasteiger partial charge on any atom is -0.508 e. The molecule has 6 heteroatoms. The molecule has 2 aromatic heterocycles. The number of thiazole rings is 1. The fraction of sp³-hybridized carbons (Fsp3) is 0.0588. The SMILES string of the molecule is Cn1c(=CC(=O)c2ccco2)sc(=Cc2cccc(O)c2)c1=O. The Kier molecular flexibility index (Phi) is 3.99. The lowest BCUT2D eigenvalue weighted by Crippen LogP contribution is -2.29. The van der Waals surface area contributed by atoms with Gasteiger partial charge in [-0.3, -0.25) is 9.59 Å². The Hall–Kier alpha value is -2.86. The lowest BCUT2D eigenvalue weighted by Gasteiger charge is -1.92. The first-order chi connectivity index (χ1) is 11.0. The standard InChI is InChI=1S/C17H13NO4S/c1-18-16(10-13(20)14-6-3-7-22-14)23-15(17(18)21)9-11-4-2-5-12(19)8-11/h2-10,19H,1H3. The van der Waals surface area contributed by atoms with Gasteiger partial charge in [-0.15, -0.1) is 11.3 Å². The van der Waals surface area contributed by atoms with E-state index in [0.29, 0.717) is 14.8 Å². The van der Waals surface area contributed by atoms with E-state index < -0.39 is 0 Å². The van der Waals surface area contributed by atoms with E-state index in [1.165, 1.54) is 28.2 Å². The second kappa shape index (κ2) is 6.10. The van der Waals surface area contributed by atoms with Crippen molar-refractivity contribution >= 4 is 29.3 Å². The van der Waals surface area contributed by atoms with Gasteiger partial charge in [-0.1, -0.05) is 12.1 Å². The molecule has 3 aromatic rings. The largest absolute Gasteiger partial charge is 0.508 e. The maximum absolute atomic E-state index is 12.3. The Morgan fingerprint density at radius 3 is 2.83 bits per heavy atom. The van der Waals surface area contributed by atoms with Crippen molar-refractivity contribution in [1.82, 2.24) is 4.57 Å². The second-order valence-corrected chi connectivity index (χ2v) is 5.96. The molecular weight excluding hydrogens is 314 g/mol. The smallest absolute Gasteiger partial charge is 0.268 e. The van der Waals surface area contributed by atoms with Gasteiger partial charge in [-0.05, 0) is 35.9 Å². The molecule has 0 amide bonds. The first-order valence-electron chi connectivity index (χ1n) is 6.81. The van der Waals surface area contributed by atoms with Crippen LogP contribution in [0.2, 0.25) is 0 Å². The average Bonchev–Trinajstić information content (AvgIpc) is 3.13. The number of Topliss-reactive ketones (excluding diaryl/α,β-unsaturated/α-hetero) is 1. The fourth-order valence-corrected chi connectivity index (χ4v) is 3.11. The fourth-order valence-electron chi connectivity index (χ4n) is 2.08. The van der Waals surface area contributed by atoms with Crippen LogP contribution in [0.25, 0.3) is 12.2 Å². The van der Waals surface area contributed by atoms with E-state index >= 15 is 0 Å². The number of hydrogen-bond donors (Lipinski definition) is 1. The summed E-state index contributed by atoms with van der Waals surface area (Å²) in [4.78, 5) is 24.3. The summed E-state index contributed by atoms with van der Waals surface area (Å²) in [6.07, 6.45) is 4.49. The average molecular weight is 327 g/mol. The van der Waals surface area contributed by atoms with Crippen molar-refractivity contribution in [3.05, 3.63) is 73.5 Å². The van der Waals surface area contributed by atoms with Crippen molar-refractivity contribution in [2.24, 2.45) is 7.05 Å². The summed E-state index contributed by atoms with van der Waals surface area (Å²) in [5, 5.41) is 9.48. The van der Waals surface area contributed by atoms with Crippen LogP contribution >= 0.6 is 11.3 Å². The molecule has 23 heavy (non-hydrogen) atoms. The number of phenols is 1. The van der Waals surface area contributed by atoms with Crippen molar-refractivity contribution in [2.45, 2.75) is 0 Å². The molecule has 116 valence electrons. The van der Waals surface area contributed by atoms with Crippen molar-refractivity contribution in [2.75, 3.05) is 0 Å². The molecule has 0 aliphatic heterocycles. The maximum Gasteiger partial charge on any atom is 0.268 e. The summed E-state index contributed by atoms with van der Waals surface area (Å²) < 4.78 is 7.48. The van der Waals surface area contributed by atoms with E-state index in [2.05, 4.69) is 0 Å². The van der Waals surface area contributed by atoms with Crippen LogP contribution in [0.3, 0.4) is 0 Å². The normalized spacial score (nSPS) is 12.7. The van der Waals surface area contributed by atoms with Gasteiger partial charge in [0.05, 0.1) is 10.8 Å². The number of nitrogens with zero attached hydrogens (tertiary/aromatic N) is 1. The summed E-state index contributed by atoms with van der Waals surface area (Å²) >= 11 is 1.21. The molecule has 2 heterocycles. The van der Waals surface area contributed by atoms with E-state index in [4.69, 9.17) is 4.42 Å². The summed E-state index contributed by atoms with van der Waals surface area (Å²) in [6, 6.07) is 9.82. The van der Waals surface area contributed by atoms with Crippen LogP contribution in [0.15, 0.2) is 51.9 Å². The number of carbonyl (C=O) groups excluding carboxylic acids is 1. The molecule has 3 rings (SSSR count). The Balaban J connectivity index is 2.09. The van der Waals surface area contributed by atoms with Gasteiger partial charge in [-0.2, -0.15) is 0 Å². The Bertz CT molecular complexity index is 1030.